The van der Waals surface area contributed by atoms with Crippen molar-refractivity contribution in [3.63, 3.8) is 0 Å². The quantitative estimate of drug-likeness (QED) is 0.476. The lowest BCUT2D eigenvalue weighted by molar-refractivity contribution is -0.153. The van der Waals surface area contributed by atoms with Crippen molar-refractivity contribution in [2.24, 2.45) is 0 Å². The third kappa shape index (κ3) is 4.01. The average Bonchev–Trinajstić information content (AvgIpc) is 2.36. The maximum absolute atomic E-state index is 11.4. The second kappa shape index (κ2) is 6.83. The third-order valence-electron chi connectivity index (χ3n) is 2.42. The van der Waals surface area contributed by atoms with Crippen LogP contribution in [0.5, 0.6) is 0 Å². The summed E-state index contributed by atoms with van der Waals surface area (Å²) in [5.41, 5.74) is 0. The number of amides is 1. The second-order valence-electron chi connectivity index (χ2n) is 3.52. The van der Waals surface area contributed by atoms with Crippen LogP contribution in [0.15, 0.2) is 0 Å². The van der Waals surface area contributed by atoms with Crippen LogP contribution in [0.4, 0.5) is 0 Å². The molecule has 1 unspecified atom stereocenters. The average molecular weight is 241 g/mol. The maximum atomic E-state index is 11.4. The fraction of sp³-hybridized carbons (Fsp3) is 0.700. The van der Waals surface area contributed by atoms with Gasteiger partial charge in [0, 0.05) is 6.54 Å². The van der Waals surface area contributed by atoms with Crippen LogP contribution in [-0.2, 0) is 19.1 Å². The molecule has 0 spiro atoms. The van der Waals surface area contributed by atoms with Crippen molar-refractivity contribution in [2.45, 2.75) is 6.04 Å². The minimum Gasteiger partial charge on any atom is -0.468 e. The molecular weight excluding hydrogens is 226 g/mol. The largest absolute Gasteiger partial charge is 0.468 e. The van der Waals surface area contributed by atoms with E-state index < -0.39 is 12.0 Å². The molecule has 0 aromatic heterocycles. The predicted molar refractivity (Wildman–Crippen MR) is 56.8 cm³/mol. The van der Waals surface area contributed by atoms with Gasteiger partial charge in [0.2, 0.25) is 5.91 Å². The number of nitrogens with one attached hydrogen (secondary N) is 1. The number of carbonyl (C=O) groups is 2. The van der Waals surface area contributed by atoms with Gasteiger partial charge in [0.1, 0.15) is 12.6 Å². The van der Waals surface area contributed by atoms with E-state index in [9.17, 15) is 9.59 Å². The van der Waals surface area contributed by atoms with E-state index in [1.165, 1.54) is 7.11 Å². The Balaban J connectivity index is 2.51. The Hall–Kier alpha value is -1.65. The molecule has 0 aromatic carbocycles. The lowest BCUT2D eigenvalue weighted by atomic mass is 10.2. The normalized spacial score (nSPS) is 20.4. The third-order valence-corrected chi connectivity index (χ3v) is 2.42. The lowest BCUT2D eigenvalue weighted by Crippen LogP contribution is -2.53. The van der Waals surface area contributed by atoms with Gasteiger partial charge in [-0.1, -0.05) is 0 Å². The van der Waals surface area contributed by atoms with Crippen LogP contribution in [0, 0.1) is 11.3 Å². The van der Waals surface area contributed by atoms with E-state index in [2.05, 4.69) is 10.1 Å². The number of rotatable bonds is 4. The zero-order valence-corrected chi connectivity index (χ0v) is 9.64. The van der Waals surface area contributed by atoms with E-state index in [0.717, 1.165) is 0 Å². The van der Waals surface area contributed by atoms with Crippen LogP contribution in [0.25, 0.3) is 0 Å². The summed E-state index contributed by atoms with van der Waals surface area (Å²) >= 11 is 0. The van der Waals surface area contributed by atoms with Gasteiger partial charge in [-0.2, -0.15) is 5.26 Å². The minimum absolute atomic E-state index is 0.0357. The zero-order chi connectivity index (χ0) is 12.7. The number of carbonyl (C=O) groups excluding carboxylic acids is 2. The maximum Gasteiger partial charge on any atom is 0.325 e. The molecule has 1 amide bonds. The molecule has 0 aromatic rings. The van der Waals surface area contributed by atoms with Gasteiger partial charge in [0.05, 0.1) is 32.9 Å². The molecule has 1 heterocycles. The van der Waals surface area contributed by atoms with Crippen molar-refractivity contribution >= 4 is 11.9 Å². The molecule has 0 saturated carbocycles. The van der Waals surface area contributed by atoms with Gasteiger partial charge in [-0.3, -0.25) is 14.5 Å². The highest BCUT2D eigenvalue weighted by atomic mass is 16.5. The van der Waals surface area contributed by atoms with Crippen LogP contribution in [-0.4, -0.2) is 62.8 Å². The number of hydrogen-bond donors (Lipinski definition) is 1. The van der Waals surface area contributed by atoms with Crippen LogP contribution in [0.3, 0.4) is 0 Å². The summed E-state index contributed by atoms with van der Waals surface area (Å²) in [6.45, 7) is 1.20. The summed E-state index contributed by atoms with van der Waals surface area (Å²) in [7, 11) is 1.30. The molecule has 1 aliphatic rings. The van der Waals surface area contributed by atoms with Gasteiger partial charge >= 0.3 is 5.97 Å². The Morgan fingerprint density at radius 1 is 1.65 bits per heavy atom. The Bertz CT molecular complexity index is 326. The van der Waals surface area contributed by atoms with E-state index in [4.69, 9.17) is 10.00 Å². The zero-order valence-electron chi connectivity index (χ0n) is 9.64. The highest BCUT2D eigenvalue weighted by Crippen LogP contribution is 2.07. The number of esters is 1. The molecule has 0 aliphatic carbocycles. The first-order valence-electron chi connectivity index (χ1n) is 5.22. The lowest BCUT2D eigenvalue weighted by Gasteiger charge is -2.32. The Kier molecular flexibility index (Phi) is 5.39. The van der Waals surface area contributed by atoms with Gasteiger partial charge in [0.25, 0.3) is 0 Å². The highest BCUT2D eigenvalue weighted by molar-refractivity contribution is 5.80. The van der Waals surface area contributed by atoms with Crippen molar-refractivity contribution in [1.82, 2.24) is 10.2 Å². The summed E-state index contributed by atoms with van der Waals surface area (Å²) in [6, 6.07) is 1.26. The Morgan fingerprint density at radius 3 is 3.06 bits per heavy atom. The van der Waals surface area contributed by atoms with Crippen LogP contribution < -0.4 is 5.32 Å². The van der Waals surface area contributed by atoms with Crippen LogP contribution in [0.2, 0.25) is 0 Å². The summed E-state index contributed by atoms with van der Waals surface area (Å²) in [4.78, 5) is 24.6. The molecular formula is C10H15N3O4. The van der Waals surface area contributed by atoms with E-state index in [-0.39, 0.29) is 25.6 Å². The van der Waals surface area contributed by atoms with Crippen LogP contribution in [0.1, 0.15) is 0 Å². The number of nitriles is 1. The Labute approximate surface area is 99.3 Å². The minimum atomic E-state index is -0.554. The number of methoxy groups -OCH3 is 1. The molecule has 1 N–H and O–H groups in total. The first kappa shape index (κ1) is 13.4. The molecule has 17 heavy (non-hydrogen) atoms. The molecule has 1 rings (SSSR count). The van der Waals surface area contributed by atoms with Gasteiger partial charge in [-0.05, 0) is 0 Å². The Morgan fingerprint density at radius 2 is 2.41 bits per heavy atom. The topological polar surface area (TPSA) is 91.7 Å². The number of hydrogen-bond acceptors (Lipinski definition) is 6. The van der Waals surface area contributed by atoms with E-state index in [1.54, 1.807) is 4.90 Å². The standard InChI is InChI=1S/C10H15N3O4/c1-16-10(15)8-7-17-5-4-13(8)6-9(14)12-3-2-11/h8H,3-7H2,1H3,(H,12,14). The first-order chi connectivity index (χ1) is 8.19. The van der Waals surface area contributed by atoms with E-state index in [1.807, 2.05) is 6.07 Å². The fourth-order valence-electron chi connectivity index (χ4n) is 1.56. The fourth-order valence-corrected chi connectivity index (χ4v) is 1.56. The second-order valence-corrected chi connectivity index (χ2v) is 3.52. The van der Waals surface area contributed by atoms with Gasteiger partial charge in [-0.15, -0.1) is 0 Å². The summed E-state index contributed by atoms with van der Waals surface area (Å²) < 4.78 is 9.81. The van der Waals surface area contributed by atoms with Crippen molar-refractivity contribution < 1.29 is 19.1 Å². The van der Waals surface area contributed by atoms with Gasteiger partial charge < -0.3 is 14.8 Å². The molecule has 94 valence electrons. The summed E-state index contributed by atoms with van der Waals surface area (Å²) in [5, 5.41) is 10.7. The molecule has 1 fully saturated rings. The molecule has 0 radical (unpaired) electrons. The SMILES string of the molecule is COC(=O)C1COCCN1CC(=O)NCC#N. The molecule has 1 atom stereocenters. The first-order valence-corrected chi connectivity index (χ1v) is 5.22. The highest BCUT2D eigenvalue weighted by Gasteiger charge is 2.31. The summed E-state index contributed by atoms with van der Waals surface area (Å²) in [5.74, 6) is -0.708. The smallest absolute Gasteiger partial charge is 0.325 e. The van der Waals surface area contributed by atoms with Crippen LogP contribution >= 0.6 is 0 Å². The summed E-state index contributed by atoms with van der Waals surface area (Å²) in [6.07, 6.45) is 0. The number of morpholine rings is 1. The number of nitrogens with zero attached hydrogens (tertiary/aromatic N) is 2. The molecule has 0 bridgehead atoms. The molecule has 1 aliphatic heterocycles. The van der Waals surface area contributed by atoms with Crippen molar-refractivity contribution in [3.8, 4) is 6.07 Å². The van der Waals surface area contributed by atoms with Crippen molar-refractivity contribution in [1.29, 1.82) is 5.26 Å². The predicted octanol–water partition coefficient (Wildman–Crippen LogP) is -1.50. The molecule has 1 saturated heterocycles. The monoisotopic (exact) mass is 241 g/mol. The van der Waals surface area contributed by atoms with E-state index >= 15 is 0 Å². The van der Waals surface area contributed by atoms with Gasteiger partial charge in [0.15, 0.2) is 0 Å². The van der Waals surface area contributed by atoms with Crippen molar-refractivity contribution in [3.05, 3.63) is 0 Å². The molecule has 7 nitrogen and oxygen atoms in total. The van der Waals surface area contributed by atoms with Gasteiger partial charge in [-0.25, -0.2) is 0 Å². The number of ether oxygens (including phenoxy) is 2. The van der Waals surface area contributed by atoms with Crippen molar-refractivity contribution in [2.75, 3.05) is 40.0 Å². The molecule has 7 heteroatoms. The van der Waals surface area contributed by atoms with E-state index in [0.29, 0.717) is 13.2 Å².